The first-order chi connectivity index (χ1) is 14.4. The van der Waals surface area contributed by atoms with Crippen LogP contribution in [0.4, 0.5) is 5.69 Å². The van der Waals surface area contributed by atoms with Gasteiger partial charge in [0.15, 0.2) is 0 Å². The number of hydrogen-bond acceptors (Lipinski definition) is 5. The fourth-order valence-corrected chi connectivity index (χ4v) is 3.51. The number of anilines is 1. The highest BCUT2D eigenvalue weighted by atomic mass is 16.5. The molecule has 2 aromatic rings. The maximum absolute atomic E-state index is 13.5. The third-order valence-corrected chi connectivity index (χ3v) is 5.10. The molecule has 1 aliphatic heterocycles. The highest BCUT2D eigenvalue weighted by Crippen LogP contribution is 2.36. The number of hydrogen-bond donors (Lipinski definition) is 1. The van der Waals surface area contributed by atoms with Gasteiger partial charge >= 0.3 is 0 Å². The molecule has 0 saturated heterocycles. The first-order valence-corrected chi connectivity index (χ1v) is 10.1. The van der Waals surface area contributed by atoms with Crippen LogP contribution in [0.5, 0.6) is 5.75 Å². The highest BCUT2D eigenvalue weighted by molar-refractivity contribution is 6.45. The van der Waals surface area contributed by atoms with Crippen molar-refractivity contribution in [1.29, 1.82) is 0 Å². The van der Waals surface area contributed by atoms with Gasteiger partial charge in [0.05, 0.1) is 24.5 Å². The number of aliphatic hydroxyl groups is 1. The van der Waals surface area contributed by atoms with Crippen molar-refractivity contribution < 1.29 is 19.4 Å². The zero-order valence-corrected chi connectivity index (χ0v) is 17.9. The zero-order chi connectivity index (χ0) is 21.8. The molecule has 0 unspecified atom stereocenters. The Hall–Kier alpha value is -3.12. The molecule has 30 heavy (non-hydrogen) atoms. The van der Waals surface area contributed by atoms with E-state index in [1.165, 1.54) is 4.90 Å². The van der Waals surface area contributed by atoms with Crippen molar-refractivity contribution in [2.75, 3.05) is 31.7 Å². The van der Waals surface area contributed by atoms with E-state index in [1.807, 2.05) is 39.0 Å². The van der Waals surface area contributed by atoms with Crippen LogP contribution in [0, 0.1) is 13.8 Å². The Kier molecular flexibility index (Phi) is 6.57. The van der Waals surface area contributed by atoms with Gasteiger partial charge < -0.3 is 14.7 Å². The molecule has 1 heterocycles. The van der Waals surface area contributed by atoms with E-state index < -0.39 is 0 Å². The lowest BCUT2D eigenvalue weighted by molar-refractivity contribution is -0.120. The summed E-state index contributed by atoms with van der Waals surface area (Å²) in [6.07, 6.45) is 0.904. The van der Waals surface area contributed by atoms with Gasteiger partial charge in [0.1, 0.15) is 11.4 Å². The summed E-state index contributed by atoms with van der Waals surface area (Å²) in [5.41, 5.74) is 3.65. The standard InChI is InChI=1S/C24H28N2O4/c1-5-14-30-19-10-8-18(9-11-19)21-22(25(4)12-13-27)24(29)26(23(21)28)20-15-16(2)6-7-17(20)3/h6-11,15,27H,5,12-14H2,1-4H3. The number of carbonyl (C=O) groups excluding carboxylic acids is 2. The molecule has 0 atom stereocenters. The molecule has 1 aliphatic rings. The second-order valence-electron chi connectivity index (χ2n) is 7.48. The number of ether oxygens (including phenoxy) is 1. The van der Waals surface area contributed by atoms with Gasteiger partial charge in [-0.05, 0) is 55.2 Å². The third-order valence-electron chi connectivity index (χ3n) is 5.10. The molecule has 6 heteroatoms. The molecular formula is C24H28N2O4. The van der Waals surface area contributed by atoms with Crippen LogP contribution in [0.3, 0.4) is 0 Å². The molecular weight excluding hydrogens is 380 g/mol. The average molecular weight is 408 g/mol. The Morgan fingerprint density at radius 1 is 1.03 bits per heavy atom. The fourth-order valence-electron chi connectivity index (χ4n) is 3.51. The second kappa shape index (κ2) is 9.13. The minimum Gasteiger partial charge on any atom is -0.494 e. The van der Waals surface area contributed by atoms with E-state index in [0.717, 1.165) is 23.3 Å². The van der Waals surface area contributed by atoms with Crippen LogP contribution in [0.25, 0.3) is 5.57 Å². The van der Waals surface area contributed by atoms with Gasteiger partial charge in [-0.15, -0.1) is 0 Å². The summed E-state index contributed by atoms with van der Waals surface area (Å²) in [5.74, 6) is -0.0312. The van der Waals surface area contributed by atoms with Gasteiger partial charge in [0, 0.05) is 13.6 Å². The summed E-state index contributed by atoms with van der Waals surface area (Å²) in [6.45, 7) is 6.58. The van der Waals surface area contributed by atoms with E-state index in [0.29, 0.717) is 23.4 Å². The lowest BCUT2D eigenvalue weighted by Gasteiger charge is -2.21. The molecule has 0 radical (unpaired) electrons. The molecule has 2 aromatic carbocycles. The minimum absolute atomic E-state index is 0.123. The number of aliphatic hydroxyl groups excluding tert-OH is 1. The predicted octanol–water partition coefficient (Wildman–Crippen LogP) is 3.30. The van der Waals surface area contributed by atoms with Gasteiger partial charge in [-0.3, -0.25) is 9.59 Å². The number of nitrogens with zero attached hydrogens (tertiary/aromatic N) is 2. The Labute approximate surface area is 177 Å². The topological polar surface area (TPSA) is 70.1 Å². The summed E-state index contributed by atoms with van der Waals surface area (Å²) in [5, 5.41) is 9.40. The van der Waals surface area contributed by atoms with Crippen molar-refractivity contribution in [3.05, 3.63) is 64.9 Å². The smallest absolute Gasteiger partial charge is 0.282 e. The van der Waals surface area contributed by atoms with Crippen molar-refractivity contribution in [1.82, 2.24) is 4.90 Å². The first kappa shape index (κ1) is 21.6. The quantitative estimate of drug-likeness (QED) is 0.679. The van der Waals surface area contributed by atoms with Gasteiger partial charge in [0.25, 0.3) is 11.8 Å². The number of likely N-dealkylation sites (N-methyl/N-ethyl adjacent to an activating group) is 1. The maximum Gasteiger partial charge on any atom is 0.282 e. The molecule has 3 rings (SSSR count). The summed E-state index contributed by atoms with van der Waals surface area (Å²) in [7, 11) is 1.71. The van der Waals surface area contributed by atoms with Crippen LogP contribution in [0.15, 0.2) is 48.2 Å². The molecule has 158 valence electrons. The number of aryl methyl sites for hydroxylation is 2. The van der Waals surface area contributed by atoms with E-state index >= 15 is 0 Å². The maximum atomic E-state index is 13.5. The van der Waals surface area contributed by atoms with Crippen LogP contribution >= 0.6 is 0 Å². The Morgan fingerprint density at radius 2 is 1.73 bits per heavy atom. The van der Waals surface area contributed by atoms with Crippen LogP contribution < -0.4 is 9.64 Å². The minimum atomic E-state index is -0.383. The summed E-state index contributed by atoms with van der Waals surface area (Å²) in [6, 6.07) is 12.9. The number of carbonyl (C=O) groups is 2. The Balaban J connectivity index is 2.07. The van der Waals surface area contributed by atoms with Gasteiger partial charge in [-0.1, -0.05) is 31.2 Å². The van der Waals surface area contributed by atoms with E-state index in [4.69, 9.17) is 4.74 Å². The molecule has 6 nitrogen and oxygen atoms in total. The molecule has 0 bridgehead atoms. The van der Waals surface area contributed by atoms with Gasteiger partial charge in [-0.2, -0.15) is 0 Å². The monoisotopic (exact) mass is 408 g/mol. The lowest BCUT2D eigenvalue weighted by atomic mass is 10.0. The van der Waals surface area contributed by atoms with Crippen molar-refractivity contribution in [2.24, 2.45) is 0 Å². The van der Waals surface area contributed by atoms with Gasteiger partial charge in [-0.25, -0.2) is 4.90 Å². The lowest BCUT2D eigenvalue weighted by Crippen LogP contribution is -2.35. The summed E-state index contributed by atoms with van der Waals surface area (Å²) < 4.78 is 5.63. The van der Waals surface area contributed by atoms with E-state index in [2.05, 4.69) is 0 Å². The fraction of sp³-hybridized carbons (Fsp3) is 0.333. The van der Waals surface area contributed by atoms with Crippen molar-refractivity contribution >= 4 is 23.1 Å². The van der Waals surface area contributed by atoms with Crippen LogP contribution in [-0.4, -0.2) is 48.6 Å². The number of amides is 2. The van der Waals surface area contributed by atoms with Crippen molar-refractivity contribution in [2.45, 2.75) is 27.2 Å². The van der Waals surface area contributed by atoms with Crippen LogP contribution in [-0.2, 0) is 9.59 Å². The molecule has 0 aromatic heterocycles. The highest BCUT2D eigenvalue weighted by Gasteiger charge is 2.42. The third kappa shape index (κ3) is 4.09. The molecule has 0 aliphatic carbocycles. The van der Waals surface area contributed by atoms with Crippen LogP contribution in [0.1, 0.15) is 30.0 Å². The molecule has 1 N–H and O–H groups in total. The Morgan fingerprint density at radius 3 is 2.37 bits per heavy atom. The zero-order valence-electron chi connectivity index (χ0n) is 17.9. The van der Waals surface area contributed by atoms with Gasteiger partial charge in [0.2, 0.25) is 0 Å². The van der Waals surface area contributed by atoms with E-state index in [9.17, 15) is 14.7 Å². The summed E-state index contributed by atoms with van der Waals surface area (Å²) >= 11 is 0. The largest absolute Gasteiger partial charge is 0.494 e. The number of imide groups is 1. The molecule has 0 fully saturated rings. The average Bonchev–Trinajstić information content (AvgIpc) is 2.99. The molecule has 0 spiro atoms. The molecule has 0 saturated carbocycles. The van der Waals surface area contributed by atoms with E-state index in [1.54, 1.807) is 36.2 Å². The second-order valence-corrected chi connectivity index (χ2v) is 7.48. The SMILES string of the molecule is CCCOc1ccc(C2=C(N(C)CCO)C(=O)N(c3cc(C)ccc3C)C2=O)cc1. The summed E-state index contributed by atoms with van der Waals surface area (Å²) in [4.78, 5) is 29.8. The first-order valence-electron chi connectivity index (χ1n) is 10.1. The predicted molar refractivity (Wildman–Crippen MR) is 117 cm³/mol. The van der Waals surface area contributed by atoms with E-state index in [-0.39, 0.29) is 30.7 Å². The normalized spacial score (nSPS) is 14.0. The Bertz CT molecular complexity index is 979. The number of rotatable bonds is 8. The van der Waals surface area contributed by atoms with Crippen molar-refractivity contribution in [3.8, 4) is 5.75 Å². The molecule has 2 amide bonds. The van der Waals surface area contributed by atoms with Crippen LogP contribution in [0.2, 0.25) is 0 Å². The number of benzene rings is 2. The van der Waals surface area contributed by atoms with Crippen molar-refractivity contribution in [3.63, 3.8) is 0 Å².